The normalized spacial score (nSPS) is 12.6. The minimum atomic E-state index is -1.08. The van der Waals surface area contributed by atoms with Crippen LogP contribution in [0, 0.1) is 5.82 Å². The summed E-state index contributed by atoms with van der Waals surface area (Å²) >= 11 is 5.77. The fourth-order valence-corrected chi connectivity index (χ4v) is 2.46. The van der Waals surface area contributed by atoms with Crippen LogP contribution in [0.3, 0.4) is 0 Å². The number of aromatic nitrogens is 1. The minimum Gasteiger partial charge on any atom is -0.384 e. The van der Waals surface area contributed by atoms with Crippen molar-refractivity contribution in [3.8, 4) is 0 Å². The molecular formula is C16H11ClFNO. The molecule has 20 heavy (non-hydrogen) atoms. The van der Waals surface area contributed by atoms with E-state index in [1.807, 2.05) is 18.2 Å². The standard InChI is InChI=1S/C16H11ClFNO/c17-14-6-2-5-12(15(14)18)16(20)11-4-1-3-10-7-8-19-9-13(10)11/h1-9,16,20H. The Kier molecular flexibility index (Phi) is 3.38. The van der Waals surface area contributed by atoms with Gasteiger partial charge in [0.2, 0.25) is 0 Å². The lowest BCUT2D eigenvalue weighted by Crippen LogP contribution is -2.03. The van der Waals surface area contributed by atoms with Gasteiger partial charge in [0.05, 0.1) is 5.02 Å². The molecule has 100 valence electrons. The van der Waals surface area contributed by atoms with Gasteiger partial charge in [0.1, 0.15) is 11.9 Å². The fraction of sp³-hybridized carbons (Fsp3) is 0.0625. The summed E-state index contributed by atoms with van der Waals surface area (Å²) in [7, 11) is 0. The van der Waals surface area contributed by atoms with Gasteiger partial charge in [-0.15, -0.1) is 0 Å². The number of hydrogen-bond donors (Lipinski definition) is 1. The van der Waals surface area contributed by atoms with Gasteiger partial charge in [0.25, 0.3) is 0 Å². The summed E-state index contributed by atoms with van der Waals surface area (Å²) in [6, 6.07) is 12.0. The highest BCUT2D eigenvalue weighted by molar-refractivity contribution is 6.30. The lowest BCUT2D eigenvalue weighted by atomic mass is 9.97. The number of aliphatic hydroxyl groups is 1. The molecule has 0 bridgehead atoms. The summed E-state index contributed by atoms with van der Waals surface area (Å²) in [5.74, 6) is -0.595. The zero-order valence-electron chi connectivity index (χ0n) is 10.4. The van der Waals surface area contributed by atoms with Crippen LogP contribution < -0.4 is 0 Å². The lowest BCUT2D eigenvalue weighted by molar-refractivity contribution is 0.216. The lowest BCUT2D eigenvalue weighted by Gasteiger charge is -2.15. The molecule has 0 saturated heterocycles. The molecule has 0 radical (unpaired) electrons. The van der Waals surface area contributed by atoms with Crippen molar-refractivity contribution < 1.29 is 9.50 Å². The van der Waals surface area contributed by atoms with Crippen LogP contribution in [0.2, 0.25) is 5.02 Å². The second-order valence-electron chi connectivity index (χ2n) is 4.49. The monoisotopic (exact) mass is 287 g/mol. The summed E-state index contributed by atoms with van der Waals surface area (Å²) in [5.41, 5.74) is 0.769. The summed E-state index contributed by atoms with van der Waals surface area (Å²) in [5, 5.41) is 12.2. The van der Waals surface area contributed by atoms with Crippen LogP contribution >= 0.6 is 11.6 Å². The Balaban J connectivity index is 2.18. The SMILES string of the molecule is OC(c1cccc(Cl)c1F)c1cccc2ccncc12. The number of pyridine rings is 1. The number of halogens is 2. The van der Waals surface area contributed by atoms with Gasteiger partial charge >= 0.3 is 0 Å². The van der Waals surface area contributed by atoms with Gasteiger partial charge in [-0.2, -0.15) is 0 Å². The van der Waals surface area contributed by atoms with Crippen molar-refractivity contribution in [3.05, 3.63) is 76.8 Å². The highest BCUT2D eigenvalue weighted by atomic mass is 35.5. The van der Waals surface area contributed by atoms with E-state index in [0.29, 0.717) is 5.56 Å². The Labute approximate surface area is 120 Å². The maximum absolute atomic E-state index is 14.0. The van der Waals surface area contributed by atoms with Gasteiger partial charge in [-0.05, 0) is 23.1 Å². The molecular weight excluding hydrogens is 277 g/mol. The summed E-state index contributed by atoms with van der Waals surface area (Å²) in [4.78, 5) is 4.06. The summed E-state index contributed by atoms with van der Waals surface area (Å²) in [6.07, 6.45) is 2.26. The highest BCUT2D eigenvalue weighted by Crippen LogP contribution is 2.31. The average Bonchev–Trinajstić information content (AvgIpc) is 2.49. The third-order valence-electron chi connectivity index (χ3n) is 3.29. The molecule has 0 fully saturated rings. The quantitative estimate of drug-likeness (QED) is 0.769. The van der Waals surface area contributed by atoms with Gasteiger partial charge in [0.15, 0.2) is 0 Å². The highest BCUT2D eigenvalue weighted by Gasteiger charge is 2.18. The van der Waals surface area contributed by atoms with Crippen molar-refractivity contribution in [2.45, 2.75) is 6.10 Å². The maximum atomic E-state index is 14.0. The van der Waals surface area contributed by atoms with Crippen LogP contribution in [-0.2, 0) is 0 Å². The molecule has 2 nitrogen and oxygen atoms in total. The third-order valence-corrected chi connectivity index (χ3v) is 3.58. The van der Waals surface area contributed by atoms with E-state index in [9.17, 15) is 9.50 Å². The van der Waals surface area contributed by atoms with E-state index in [1.165, 1.54) is 12.1 Å². The molecule has 0 saturated carbocycles. The van der Waals surface area contributed by atoms with E-state index in [4.69, 9.17) is 11.6 Å². The number of hydrogen-bond acceptors (Lipinski definition) is 2. The number of fused-ring (bicyclic) bond motifs is 1. The van der Waals surface area contributed by atoms with E-state index >= 15 is 0 Å². The zero-order valence-corrected chi connectivity index (χ0v) is 11.2. The molecule has 0 aliphatic carbocycles. The zero-order chi connectivity index (χ0) is 14.1. The summed E-state index contributed by atoms with van der Waals surface area (Å²) in [6.45, 7) is 0. The molecule has 1 N–H and O–H groups in total. The minimum absolute atomic E-state index is 0.0000818. The van der Waals surface area contributed by atoms with Crippen molar-refractivity contribution >= 4 is 22.4 Å². The molecule has 4 heteroatoms. The van der Waals surface area contributed by atoms with Gasteiger partial charge < -0.3 is 5.11 Å². The van der Waals surface area contributed by atoms with E-state index in [1.54, 1.807) is 24.5 Å². The van der Waals surface area contributed by atoms with Crippen LogP contribution in [-0.4, -0.2) is 10.1 Å². The van der Waals surface area contributed by atoms with Crippen molar-refractivity contribution in [2.75, 3.05) is 0 Å². The van der Waals surface area contributed by atoms with Crippen LogP contribution in [0.4, 0.5) is 4.39 Å². The predicted octanol–water partition coefficient (Wildman–Crippen LogP) is 4.11. The van der Waals surface area contributed by atoms with E-state index < -0.39 is 11.9 Å². The molecule has 2 aromatic carbocycles. The van der Waals surface area contributed by atoms with Gasteiger partial charge in [-0.1, -0.05) is 41.9 Å². The molecule has 1 unspecified atom stereocenters. The topological polar surface area (TPSA) is 33.1 Å². The third kappa shape index (κ3) is 2.15. The molecule has 3 rings (SSSR count). The molecule has 0 aliphatic heterocycles. The Hall–Kier alpha value is -1.97. The number of rotatable bonds is 2. The Morgan fingerprint density at radius 2 is 1.80 bits per heavy atom. The second-order valence-corrected chi connectivity index (χ2v) is 4.90. The molecule has 1 heterocycles. The Bertz CT molecular complexity index is 770. The second kappa shape index (κ2) is 5.19. The largest absolute Gasteiger partial charge is 0.384 e. The first-order valence-corrected chi connectivity index (χ1v) is 6.51. The van der Waals surface area contributed by atoms with Gasteiger partial charge in [-0.3, -0.25) is 4.98 Å². The van der Waals surface area contributed by atoms with E-state index in [2.05, 4.69) is 4.98 Å². The van der Waals surface area contributed by atoms with Crippen molar-refractivity contribution in [1.82, 2.24) is 4.98 Å². The smallest absolute Gasteiger partial charge is 0.147 e. The van der Waals surface area contributed by atoms with E-state index in [-0.39, 0.29) is 10.6 Å². The van der Waals surface area contributed by atoms with Gasteiger partial charge in [-0.25, -0.2) is 4.39 Å². The van der Waals surface area contributed by atoms with Crippen LogP contribution in [0.1, 0.15) is 17.2 Å². The molecule has 0 amide bonds. The molecule has 1 aromatic heterocycles. The predicted molar refractivity (Wildman–Crippen MR) is 77.2 cm³/mol. The van der Waals surface area contributed by atoms with Crippen molar-refractivity contribution in [2.24, 2.45) is 0 Å². The first-order valence-electron chi connectivity index (χ1n) is 6.13. The van der Waals surface area contributed by atoms with Crippen LogP contribution in [0.15, 0.2) is 54.9 Å². The van der Waals surface area contributed by atoms with Gasteiger partial charge in [0, 0.05) is 23.3 Å². The molecule has 0 spiro atoms. The van der Waals surface area contributed by atoms with E-state index in [0.717, 1.165) is 10.8 Å². The van der Waals surface area contributed by atoms with Crippen molar-refractivity contribution in [3.63, 3.8) is 0 Å². The first-order chi connectivity index (χ1) is 9.68. The number of nitrogens with zero attached hydrogens (tertiary/aromatic N) is 1. The van der Waals surface area contributed by atoms with Crippen LogP contribution in [0.25, 0.3) is 10.8 Å². The summed E-state index contributed by atoms with van der Waals surface area (Å²) < 4.78 is 14.0. The maximum Gasteiger partial charge on any atom is 0.147 e. The first kappa shape index (κ1) is 13.0. The Morgan fingerprint density at radius 1 is 1.05 bits per heavy atom. The number of aliphatic hydroxyl groups excluding tert-OH is 1. The number of benzene rings is 2. The Morgan fingerprint density at radius 3 is 2.65 bits per heavy atom. The molecule has 3 aromatic rings. The van der Waals surface area contributed by atoms with Crippen LogP contribution in [0.5, 0.6) is 0 Å². The fourth-order valence-electron chi connectivity index (χ4n) is 2.27. The molecule has 1 atom stereocenters. The molecule has 0 aliphatic rings. The average molecular weight is 288 g/mol. The van der Waals surface area contributed by atoms with Crippen molar-refractivity contribution in [1.29, 1.82) is 0 Å².